The number of anilines is 1. The Bertz CT molecular complexity index is 1250. The quantitative estimate of drug-likeness (QED) is 0.544. The number of furan rings is 1. The summed E-state index contributed by atoms with van der Waals surface area (Å²) in [6, 6.07) is 6.97. The first-order valence-corrected chi connectivity index (χ1v) is 12.9. The number of aromatic nitrogens is 2. The van der Waals surface area contributed by atoms with Crippen molar-refractivity contribution in [1.29, 1.82) is 0 Å². The van der Waals surface area contributed by atoms with E-state index in [1.165, 1.54) is 12.7 Å². The van der Waals surface area contributed by atoms with Gasteiger partial charge in [-0.3, -0.25) is 23.7 Å². The molecular weight excluding hydrogens is 458 g/mol. The van der Waals surface area contributed by atoms with Crippen LogP contribution in [-0.2, 0) is 11.2 Å². The molecule has 1 aliphatic carbocycles. The van der Waals surface area contributed by atoms with Gasteiger partial charge >= 0.3 is 0 Å². The molecule has 4 heterocycles. The molecule has 9 heteroatoms. The first-order valence-electron chi connectivity index (χ1n) is 12.9. The molecule has 3 aromatic rings. The van der Waals surface area contributed by atoms with Gasteiger partial charge in [0.25, 0.3) is 11.8 Å². The Labute approximate surface area is 210 Å². The molecule has 1 aliphatic heterocycles. The number of nitrogens with zero attached hydrogens (tertiary/aromatic N) is 5. The highest BCUT2D eigenvalue weighted by atomic mass is 16.3. The molecule has 0 spiro atoms. The summed E-state index contributed by atoms with van der Waals surface area (Å²) < 4.78 is 7.10. The van der Waals surface area contributed by atoms with Gasteiger partial charge in [0.05, 0.1) is 17.5 Å². The van der Waals surface area contributed by atoms with E-state index in [0.717, 1.165) is 42.8 Å². The molecule has 3 aromatic heterocycles. The number of hydrogen-bond donors (Lipinski definition) is 0. The predicted molar refractivity (Wildman–Crippen MR) is 135 cm³/mol. The van der Waals surface area contributed by atoms with Gasteiger partial charge in [-0.05, 0) is 43.5 Å². The molecule has 36 heavy (non-hydrogen) atoms. The zero-order chi connectivity index (χ0) is 25.2. The van der Waals surface area contributed by atoms with E-state index in [1.807, 2.05) is 24.4 Å². The standard InChI is InChI=1S/C27H33N5O4/c1-3-21-24(29(2)25(33)19-8-5-4-6-9-19)32-18-20(11-12-23(32)28-21)26(34)30-13-15-31(16-14-30)27(35)22-10-7-17-36-22/h7,10-12,17-19H,3-6,8-9,13-16H2,1-2H3. The number of fused-ring (bicyclic) bond motifs is 1. The number of carbonyl (C=O) groups is 3. The number of aryl methyl sites for hydroxylation is 1. The maximum absolute atomic E-state index is 13.4. The molecule has 0 aromatic carbocycles. The van der Waals surface area contributed by atoms with Gasteiger partial charge in [0.2, 0.25) is 5.91 Å². The fourth-order valence-corrected chi connectivity index (χ4v) is 5.38. The van der Waals surface area contributed by atoms with E-state index in [4.69, 9.17) is 9.40 Å². The highest BCUT2D eigenvalue weighted by Crippen LogP contribution is 2.29. The summed E-state index contributed by atoms with van der Waals surface area (Å²) in [6.45, 7) is 3.81. The molecule has 1 saturated carbocycles. The van der Waals surface area contributed by atoms with E-state index >= 15 is 0 Å². The van der Waals surface area contributed by atoms with Gasteiger partial charge in [-0.15, -0.1) is 0 Å². The van der Waals surface area contributed by atoms with E-state index in [1.54, 1.807) is 39.1 Å². The molecule has 2 aliphatic rings. The van der Waals surface area contributed by atoms with Crippen LogP contribution in [0.5, 0.6) is 0 Å². The number of amides is 3. The van der Waals surface area contributed by atoms with Gasteiger partial charge in [-0.25, -0.2) is 4.98 Å². The molecular formula is C27H33N5O4. The fraction of sp³-hybridized carbons (Fsp3) is 0.481. The number of carbonyl (C=O) groups excluding carboxylic acids is 3. The van der Waals surface area contributed by atoms with Crippen LogP contribution in [0.15, 0.2) is 41.1 Å². The van der Waals surface area contributed by atoms with Crippen LogP contribution >= 0.6 is 0 Å². The number of pyridine rings is 1. The van der Waals surface area contributed by atoms with Crippen molar-refractivity contribution in [3.63, 3.8) is 0 Å². The lowest BCUT2D eigenvalue weighted by Gasteiger charge is -2.34. The Morgan fingerprint density at radius 1 is 1.00 bits per heavy atom. The molecule has 0 radical (unpaired) electrons. The van der Waals surface area contributed by atoms with Crippen molar-refractivity contribution in [3.05, 3.63) is 53.7 Å². The first-order chi connectivity index (χ1) is 17.5. The largest absolute Gasteiger partial charge is 0.459 e. The van der Waals surface area contributed by atoms with Gasteiger partial charge in [0.15, 0.2) is 5.76 Å². The van der Waals surface area contributed by atoms with Crippen LogP contribution in [0, 0.1) is 5.92 Å². The third-order valence-corrected chi connectivity index (χ3v) is 7.43. The second-order valence-electron chi connectivity index (χ2n) is 9.68. The summed E-state index contributed by atoms with van der Waals surface area (Å²) in [5, 5.41) is 0. The van der Waals surface area contributed by atoms with Crippen LogP contribution in [0.2, 0.25) is 0 Å². The number of rotatable bonds is 5. The van der Waals surface area contributed by atoms with Crippen molar-refractivity contribution in [2.45, 2.75) is 45.4 Å². The summed E-state index contributed by atoms with van der Waals surface area (Å²) in [6.07, 6.45) is 9.21. The molecule has 2 fully saturated rings. The minimum Gasteiger partial charge on any atom is -0.459 e. The lowest BCUT2D eigenvalue weighted by atomic mass is 9.88. The average molecular weight is 492 g/mol. The fourth-order valence-electron chi connectivity index (χ4n) is 5.38. The monoisotopic (exact) mass is 491 g/mol. The van der Waals surface area contributed by atoms with E-state index in [2.05, 4.69) is 0 Å². The van der Waals surface area contributed by atoms with Crippen LogP contribution < -0.4 is 4.90 Å². The molecule has 5 rings (SSSR count). The van der Waals surface area contributed by atoms with Gasteiger partial charge in [-0.2, -0.15) is 0 Å². The van der Waals surface area contributed by atoms with Crippen LogP contribution in [0.1, 0.15) is 65.6 Å². The number of piperazine rings is 1. The number of imidazole rings is 1. The zero-order valence-electron chi connectivity index (χ0n) is 21.0. The van der Waals surface area contributed by atoms with Gasteiger partial charge in [0.1, 0.15) is 11.5 Å². The summed E-state index contributed by atoms with van der Waals surface area (Å²) in [5.41, 5.74) is 2.10. The van der Waals surface area contributed by atoms with Crippen LogP contribution in [0.3, 0.4) is 0 Å². The first kappa shape index (κ1) is 24.1. The van der Waals surface area contributed by atoms with Crippen molar-refractivity contribution >= 4 is 29.2 Å². The SMILES string of the molecule is CCc1nc2ccc(C(=O)N3CCN(C(=O)c4ccco4)CC3)cn2c1N(C)C(=O)C1CCCCC1. The molecule has 1 saturated heterocycles. The van der Waals surface area contributed by atoms with Gasteiger partial charge < -0.3 is 14.2 Å². The van der Waals surface area contributed by atoms with E-state index < -0.39 is 0 Å². The third-order valence-electron chi connectivity index (χ3n) is 7.43. The highest BCUT2D eigenvalue weighted by molar-refractivity contribution is 5.97. The van der Waals surface area contributed by atoms with Crippen LogP contribution in [0.4, 0.5) is 5.82 Å². The normalized spacial score (nSPS) is 16.9. The van der Waals surface area contributed by atoms with Crippen molar-refractivity contribution < 1.29 is 18.8 Å². The molecule has 0 atom stereocenters. The Morgan fingerprint density at radius 2 is 1.69 bits per heavy atom. The van der Waals surface area contributed by atoms with E-state index in [9.17, 15) is 14.4 Å². The minimum atomic E-state index is -0.158. The highest BCUT2D eigenvalue weighted by Gasteiger charge is 2.30. The summed E-state index contributed by atoms with van der Waals surface area (Å²) in [5.74, 6) is 0.970. The van der Waals surface area contributed by atoms with Gasteiger partial charge in [-0.1, -0.05) is 26.2 Å². The van der Waals surface area contributed by atoms with Crippen LogP contribution in [0.25, 0.3) is 5.65 Å². The topological polar surface area (TPSA) is 91.4 Å². The maximum Gasteiger partial charge on any atom is 0.289 e. The molecule has 3 amide bonds. The Balaban J connectivity index is 1.35. The minimum absolute atomic E-state index is 0.0454. The average Bonchev–Trinajstić information content (AvgIpc) is 3.60. The second kappa shape index (κ2) is 10.2. The Morgan fingerprint density at radius 3 is 2.33 bits per heavy atom. The van der Waals surface area contributed by atoms with E-state index in [-0.39, 0.29) is 23.6 Å². The second-order valence-corrected chi connectivity index (χ2v) is 9.68. The van der Waals surface area contributed by atoms with Crippen molar-refractivity contribution in [1.82, 2.24) is 19.2 Å². The lowest BCUT2D eigenvalue weighted by Crippen LogP contribution is -2.50. The summed E-state index contributed by atoms with van der Waals surface area (Å²) >= 11 is 0. The molecule has 0 bridgehead atoms. The Hall–Kier alpha value is -3.62. The smallest absolute Gasteiger partial charge is 0.289 e. The number of hydrogen-bond acceptors (Lipinski definition) is 5. The van der Waals surface area contributed by atoms with Crippen molar-refractivity contribution in [2.24, 2.45) is 5.92 Å². The van der Waals surface area contributed by atoms with Gasteiger partial charge in [0, 0.05) is 45.3 Å². The maximum atomic E-state index is 13.4. The summed E-state index contributed by atoms with van der Waals surface area (Å²) in [4.78, 5) is 49.2. The zero-order valence-corrected chi connectivity index (χ0v) is 21.0. The Kier molecular flexibility index (Phi) is 6.80. The third kappa shape index (κ3) is 4.50. The van der Waals surface area contributed by atoms with E-state index in [0.29, 0.717) is 43.9 Å². The summed E-state index contributed by atoms with van der Waals surface area (Å²) in [7, 11) is 1.82. The molecule has 0 unspecified atom stereocenters. The molecule has 0 N–H and O–H groups in total. The van der Waals surface area contributed by atoms with Crippen molar-refractivity contribution in [2.75, 3.05) is 38.1 Å². The van der Waals surface area contributed by atoms with Crippen LogP contribution in [-0.4, -0.2) is 70.1 Å². The lowest BCUT2D eigenvalue weighted by molar-refractivity contribution is -0.123. The predicted octanol–water partition coefficient (Wildman–Crippen LogP) is 3.63. The molecule has 190 valence electrons. The molecule has 9 nitrogen and oxygen atoms in total. The van der Waals surface area contributed by atoms with Crippen molar-refractivity contribution in [3.8, 4) is 0 Å².